The van der Waals surface area contributed by atoms with E-state index in [9.17, 15) is 4.79 Å². The highest BCUT2D eigenvalue weighted by molar-refractivity contribution is 5.87. The second-order valence-electron chi connectivity index (χ2n) is 5.35. The maximum absolute atomic E-state index is 11.0. The summed E-state index contributed by atoms with van der Waals surface area (Å²) in [7, 11) is 0. The fraction of sp³-hybridized carbons (Fsp3) is 0.643. The zero-order chi connectivity index (χ0) is 11.6. The third-order valence-corrected chi connectivity index (χ3v) is 3.88. The molecule has 0 aromatic heterocycles. The molecule has 0 fully saturated rings. The number of rotatable bonds is 2. The molecular weight excluding hydrogens is 184 g/mol. The van der Waals surface area contributed by atoms with Crippen molar-refractivity contribution in [1.82, 2.24) is 0 Å². The largest absolute Gasteiger partial charge is 0.295 e. The Morgan fingerprint density at radius 2 is 2.13 bits per heavy atom. The molecule has 0 saturated carbocycles. The molecule has 0 unspecified atom stereocenters. The summed E-state index contributed by atoms with van der Waals surface area (Å²) in [5, 5.41) is 0. The SMILES string of the molecule is CC(=O)C=C[C@H]1C(C)=CC[C@H](C)C1(C)C. The molecule has 0 heterocycles. The minimum atomic E-state index is 0.136. The zero-order valence-corrected chi connectivity index (χ0v) is 10.5. The van der Waals surface area contributed by atoms with Gasteiger partial charge in [0.2, 0.25) is 0 Å². The molecule has 1 rings (SSSR count). The summed E-state index contributed by atoms with van der Waals surface area (Å²) < 4.78 is 0. The quantitative estimate of drug-likeness (QED) is 0.496. The van der Waals surface area contributed by atoms with Crippen LogP contribution in [0, 0.1) is 17.3 Å². The van der Waals surface area contributed by atoms with E-state index in [-0.39, 0.29) is 11.2 Å². The Balaban J connectivity index is 2.96. The Hall–Kier alpha value is -0.850. The van der Waals surface area contributed by atoms with Crippen molar-refractivity contribution in [2.45, 2.75) is 41.0 Å². The molecule has 0 aromatic carbocycles. The molecular formula is C14H22O. The van der Waals surface area contributed by atoms with Gasteiger partial charge in [0.15, 0.2) is 5.78 Å². The molecule has 0 amide bonds. The molecule has 0 radical (unpaired) electrons. The third kappa shape index (κ3) is 2.58. The average molecular weight is 206 g/mol. The lowest BCUT2D eigenvalue weighted by Gasteiger charge is -2.42. The van der Waals surface area contributed by atoms with Crippen LogP contribution < -0.4 is 0 Å². The lowest BCUT2D eigenvalue weighted by molar-refractivity contribution is -0.112. The standard InChI is InChI=1S/C14H22O/c1-10-6-7-11(2)14(4,5)13(10)9-8-12(3)15/h6,8-9,11,13H,7H2,1-5H3/t11-,13-/m0/s1. The van der Waals surface area contributed by atoms with Gasteiger partial charge >= 0.3 is 0 Å². The van der Waals surface area contributed by atoms with Gasteiger partial charge < -0.3 is 0 Å². The first-order valence-corrected chi connectivity index (χ1v) is 5.71. The van der Waals surface area contributed by atoms with Gasteiger partial charge in [-0.25, -0.2) is 0 Å². The van der Waals surface area contributed by atoms with Gasteiger partial charge in [-0.1, -0.05) is 38.5 Å². The van der Waals surface area contributed by atoms with Crippen LogP contribution in [-0.4, -0.2) is 5.78 Å². The fourth-order valence-corrected chi connectivity index (χ4v) is 2.32. The normalized spacial score (nSPS) is 30.3. The topological polar surface area (TPSA) is 17.1 Å². The lowest BCUT2D eigenvalue weighted by Crippen LogP contribution is -2.33. The molecule has 1 aliphatic rings. The predicted octanol–water partition coefficient (Wildman–Crippen LogP) is 3.76. The second-order valence-corrected chi connectivity index (χ2v) is 5.35. The third-order valence-electron chi connectivity index (χ3n) is 3.88. The molecule has 0 aliphatic heterocycles. The van der Waals surface area contributed by atoms with Crippen LogP contribution in [0.3, 0.4) is 0 Å². The van der Waals surface area contributed by atoms with E-state index in [1.165, 1.54) is 5.57 Å². The first-order chi connectivity index (χ1) is 6.85. The van der Waals surface area contributed by atoms with Crippen LogP contribution in [0.25, 0.3) is 0 Å². The summed E-state index contributed by atoms with van der Waals surface area (Å²) in [6.45, 7) is 10.7. The molecule has 0 aromatic rings. The van der Waals surface area contributed by atoms with Gasteiger partial charge in [0.25, 0.3) is 0 Å². The van der Waals surface area contributed by atoms with Crippen molar-refractivity contribution < 1.29 is 4.79 Å². The van der Waals surface area contributed by atoms with Crippen LogP contribution in [0.15, 0.2) is 23.8 Å². The van der Waals surface area contributed by atoms with Crippen LogP contribution in [0.1, 0.15) is 41.0 Å². The molecule has 0 spiro atoms. The minimum absolute atomic E-state index is 0.136. The Morgan fingerprint density at radius 3 is 2.67 bits per heavy atom. The van der Waals surface area contributed by atoms with Gasteiger partial charge in [0.05, 0.1) is 0 Å². The van der Waals surface area contributed by atoms with Gasteiger partial charge in [0.1, 0.15) is 0 Å². The first-order valence-electron chi connectivity index (χ1n) is 5.71. The van der Waals surface area contributed by atoms with Crippen molar-refractivity contribution in [1.29, 1.82) is 0 Å². The Kier molecular flexibility index (Phi) is 3.54. The molecule has 15 heavy (non-hydrogen) atoms. The summed E-state index contributed by atoms with van der Waals surface area (Å²) in [4.78, 5) is 11.0. The van der Waals surface area contributed by atoms with Crippen molar-refractivity contribution in [3.63, 3.8) is 0 Å². The highest BCUT2D eigenvalue weighted by Gasteiger charge is 2.36. The zero-order valence-electron chi connectivity index (χ0n) is 10.5. The minimum Gasteiger partial charge on any atom is -0.295 e. The van der Waals surface area contributed by atoms with E-state index >= 15 is 0 Å². The molecule has 0 N–H and O–H groups in total. The first kappa shape index (κ1) is 12.2. The summed E-state index contributed by atoms with van der Waals surface area (Å²) >= 11 is 0. The van der Waals surface area contributed by atoms with Crippen molar-refractivity contribution in [2.75, 3.05) is 0 Å². The van der Waals surface area contributed by atoms with E-state index in [1.54, 1.807) is 13.0 Å². The molecule has 1 heteroatoms. The van der Waals surface area contributed by atoms with Gasteiger partial charge in [-0.3, -0.25) is 4.79 Å². The summed E-state index contributed by atoms with van der Waals surface area (Å²) in [6, 6.07) is 0. The van der Waals surface area contributed by atoms with E-state index in [0.29, 0.717) is 11.8 Å². The van der Waals surface area contributed by atoms with E-state index < -0.39 is 0 Å². The van der Waals surface area contributed by atoms with Crippen LogP contribution in [-0.2, 0) is 4.79 Å². The smallest absolute Gasteiger partial charge is 0.152 e. The Labute approximate surface area is 93.3 Å². The highest BCUT2D eigenvalue weighted by atomic mass is 16.1. The van der Waals surface area contributed by atoms with Gasteiger partial charge in [-0.15, -0.1) is 0 Å². The molecule has 2 atom stereocenters. The number of hydrogen-bond acceptors (Lipinski definition) is 1. The average Bonchev–Trinajstić information content (AvgIpc) is 2.11. The van der Waals surface area contributed by atoms with Gasteiger partial charge in [-0.2, -0.15) is 0 Å². The lowest BCUT2D eigenvalue weighted by atomic mass is 9.63. The number of hydrogen-bond donors (Lipinski definition) is 0. The van der Waals surface area contributed by atoms with Crippen molar-refractivity contribution in [3.05, 3.63) is 23.8 Å². The highest BCUT2D eigenvalue weighted by Crippen LogP contribution is 2.45. The molecule has 0 saturated heterocycles. The van der Waals surface area contributed by atoms with E-state index in [4.69, 9.17) is 0 Å². The van der Waals surface area contributed by atoms with Crippen LogP contribution in [0.5, 0.6) is 0 Å². The van der Waals surface area contributed by atoms with Crippen molar-refractivity contribution >= 4 is 5.78 Å². The predicted molar refractivity (Wildman–Crippen MR) is 64.6 cm³/mol. The summed E-state index contributed by atoms with van der Waals surface area (Å²) in [5.41, 5.74) is 1.65. The summed E-state index contributed by atoms with van der Waals surface area (Å²) in [5.74, 6) is 1.21. The fourth-order valence-electron chi connectivity index (χ4n) is 2.32. The van der Waals surface area contributed by atoms with E-state index in [2.05, 4.69) is 39.8 Å². The summed E-state index contributed by atoms with van der Waals surface area (Å²) in [6.07, 6.45) is 7.25. The number of carbonyl (C=O) groups excluding carboxylic acids is 1. The Morgan fingerprint density at radius 1 is 1.53 bits per heavy atom. The monoisotopic (exact) mass is 206 g/mol. The second kappa shape index (κ2) is 4.34. The van der Waals surface area contributed by atoms with Gasteiger partial charge in [0, 0.05) is 5.92 Å². The van der Waals surface area contributed by atoms with Crippen LogP contribution in [0.4, 0.5) is 0 Å². The van der Waals surface area contributed by atoms with Crippen molar-refractivity contribution in [3.8, 4) is 0 Å². The molecule has 1 aliphatic carbocycles. The van der Waals surface area contributed by atoms with Crippen LogP contribution in [0.2, 0.25) is 0 Å². The van der Waals surface area contributed by atoms with Gasteiger partial charge in [-0.05, 0) is 37.7 Å². The number of allylic oxidation sites excluding steroid dienone is 4. The molecule has 1 nitrogen and oxygen atoms in total. The molecule has 0 bridgehead atoms. The molecule has 84 valence electrons. The number of carbonyl (C=O) groups is 1. The maximum atomic E-state index is 11.0. The van der Waals surface area contributed by atoms with Crippen molar-refractivity contribution in [2.24, 2.45) is 17.3 Å². The Bertz CT molecular complexity index is 307. The van der Waals surface area contributed by atoms with E-state index in [0.717, 1.165) is 6.42 Å². The number of ketones is 1. The van der Waals surface area contributed by atoms with E-state index in [1.807, 2.05) is 0 Å². The maximum Gasteiger partial charge on any atom is 0.152 e. The van der Waals surface area contributed by atoms with Crippen LogP contribution >= 0.6 is 0 Å².